The number of nitriles is 2. The summed E-state index contributed by atoms with van der Waals surface area (Å²) in [5.41, 5.74) is 13.6. The zero-order valence-electron chi connectivity index (χ0n) is 33.2. The molecule has 0 radical (unpaired) electrons. The lowest BCUT2D eigenvalue weighted by molar-refractivity contribution is 1.18. The van der Waals surface area contributed by atoms with Crippen LogP contribution in [0.4, 0.5) is 22.7 Å². The van der Waals surface area contributed by atoms with Gasteiger partial charge in [-0.2, -0.15) is 10.5 Å². The highest BCUT2D eigenvalue weighted by Crippen LogP contribution is 2.42. The van der Waals surface area contributed by atoms with Crippen LogP contribution < -0.4 is 4.90 Å². The monoisotopic (exact) mass is 791 g/mol. The zero-order chi connectivity index (χ0) is 42.0. The number of para-hydroxylation sites is 3. The molecule has 7 nitrogen and oxygen atoms in total. The molecule has 8 aromatic carbocycles. The van der Waals surface area contributed by atoms with Gasteiger partial charge in [-0.05, 0) is 114 Å². The maximum Gasteiger partial charge on any atom is 0.211 e. The number of hydrogen-bond acceptors (Lipinski definition) is 5. The summed E-state index contributed by atoms with van der Waals surface area (Å²) < 4.78 is 2.20. The van der Waals surface area contributed by atoms with Gasteiger partial charge in [0.15, 0.2) is 5.82 Å². The second kappa shape index (κ2) is 15.9. The molecule has 0 N–H and O–H groups in total. The van der Waals surface area contributed by atoms with Gasteiger partial charge >= 0.3 is 0 Å². The van der Waals surface area contributed by atoms with E-state index < -0.39 is 0 Å². The SMILES string of the molecule is [C-]#[N+]c1cc(-c2ccc(-c3cc(-c4ccc(C#N)cc4)nc(-c4ccc(C#N)cc4)n3)cc2)ccc1-n1c2ccccc2c2cc(N(c3ccccc3)c3ccccc3)ccc21. The summed E-state index contributed by atoms with van der Waals surface area (Å²) in [5, 5.41) is 20.9. The second-order valence-electron chi connectivity index (χ2n) is 14.8. The fraction of sp³-hybridized carbons (Fsp3) is 0. The van der Waals surface area contributed by atoms with Crippen LogP contribution in [0.15, 0.2) is 200 Å². The first-order valence-corrected chi connectivity index (χ1v) is 20.0. The van der Waals surface area contributed by atoms with E-state index in [-0.39, 0.29) is 0 Å². The number of hydrogen-bond donors (Lipinski definition) is 0. The maximum atomic E-state index is 9.36. The molecule has 0 atom stereocenters. The third-order valence-corrected chi connectivity index (χ3v) is 11.1. The summed E-state index contributed by atoms with van der Waals surface area (Å²) >= 11 is 0. The molecular formula is C55H33N7. The fourth-order valence-corrected chi connectivity index (χ4v) is 8.06. The Labute approximate surface area is 358 Å². The van der Waals surface area contributed by atoms with Crippen molar-refractivity contribution < 1.29 is 0 Å². The maximum absolute atomic E-state index is 9.36. The average molecular weight is 792 g/mol. The second-order valence-corrected chi connectivity index (χ2v) is 14.8. The minimum atomic E-state index is 0.527. The Bertz CT molecular complexity index is 3290. The van der Waals surface area contributed by atoms with Gasteiger partial charge in [-0.3, -0.25) is 0 Å². The van der Waals surface area contributed by atoms with Crippen molar-refractivity contribution in [2.45, 2.75) is 0 Å². The molecule has 0 spiro atoms. The third kappa shape index (κ3) is 6.87. The average Bonchev–Trinajstić information content (AvgIpc) is 3.68. The molecule has 0 saturated carbocycles. The number of aromatic nitrogens is 3. The highest BCUT2D eigenvalue weighted by atomic mass is 15.1. The number of rotatable bonds is 8. The predicted octanol–water partition coefficient (Wildman–Crippen LogP) is 14.0. The number of nitrogens with zero attached hydrogens (tertiary/aromatic N) is 7. The van der Waals surface area contributed by atoms with Gasteiger partial charge in [0.25, 0.3) is 0 Å². The molecule has 0 unspecified atom stereocenters. The number of anilines is 3. The normalized spacial score (nSPS) is 10.9. The topological polar surface area (TPSA) is 85.9 Å². The van der Waals surface area contributed by atoms with E-state index in [1.807, 2.05) is 66.7 Å². The van der Waals surface area contributed by atoms with Crippen LogP contribution in [-0.2, 0) is 0 Å². The first-order chi connectivity index (χ1) is 30.6. The molecule has 0 aliphatic heterocycles. The standard InChI is InChI=1S/C55H33N7/c1-58-51-32-43(39-24-26-41(27-25-39)50-34-49(40-20-16-37(35-56)17-21-40)59-55(60-50)42-22-18-38(36-57)19-23-42)28-30-54(51)62-52-15-9-8-14-47(52)48-33-46(29-31-53(48)62)61(44-10-4-2-5-11-44)45-12-6-3-7-13-45/h2-34H. The molecule has 288 valence electrons. The van der Waals surface area contributed by atoms with Gasteiger partial charge in [-0.1, -0.05) is 97.1 Å². The van der Waals surface area contributed by atoms with Crippen LogP contribution in [-0.4, -0.2) is 14.5 Å². The molecule has 0 fully saturated rings. The zero-order valence-corrected chi connectivity index (χ0v) is 33.2. The summed E-state index contributed by atoms with van der Waals surface area (Å²) in [7, 11) is 0. The molecule has 0 aliphatic carbocycles. The summed E-state index contributed by atoms with van der Waals surface area (Å²) in [6.07, 6.45) is 0. The molecule has 7 heteroatoms. The third-order valence-electron chi connectivity index (χ3n) is 11.1. The molecule has 62 heavy (non-hydrogen) atoms. The van der Waals surface area contributed by atoms with Crippen molar-refractivity contribution in [2.24, 2.45) is 0 Å². The van der Waals surface area contributed by atoms with Crippen LogP contribution in [0.2, 0.25) is 0 Å². The molecule has 10 aromatic rings. The van der Waals surface area contributed by atoms with E-state index >= 15 is 0 Å². The molecule has 2 heterocycles. The van der Waals surface area contributed by atoms with Gasteiger partial charge in [-0.25, -0.2) is 14.8 Å². The van der Waals surface area contributed by atoms with Gasteiger partial charge in [0.1, 0.15) is 0 Å². The van der Waals surface area contributed by atoms with Crippen LogP contribution in [0.5, 0.6) is 0 Å². The Balaban J connectivity index is 1.02. The van der Waals surface area contributed by atoms with Crippen LogP contribution >= 0.6 is 0 Å². The van der Waals surface area contributed by atoms with Crippen molar-refractivity contribution in [1.29, 1.82) is 10.5 Å². The summed E-state index contributed by atoms with van der Waals surface area (Å²) in [6, 6.07) is 70.9. The van der Waals surface area contributed by atoms with E-state index in [4.69, 9.17) is 16.5 Å². The minimum Gasteiger partial charge on any atom is -0.319 e. The summed E-state index contributed by atoms with van der Waals surface area (Å²) in [5.74, 6) is 0.527. The predicted molar refractivity (Wildman–Crippen MR) is 248 cm³/mol. The van der Waals surface area contributed by atoms with Gasteiger partial charge < -0.3 is 9.47 Å². The molecule has 0 saturated heterocycles. The highest BCUT2D eigenvalue weighted by molar-refractivity contribution is 6.11. The first kappa shape index (κ1) is 37.2. The Morgan fingerprint density at radius 3 is 1.56 bits per heavy atom. The Morgan fingerprint density at radius 1 is 0.452 bits per heavy atom. The lowest BCUT2D eigenvalue weighted by Crippen LogP contribution is -2.09. The number of benzene rings is 8. The molecular weight excluding hydrogens is 759 g/mol. The quantitative estimate of drug-likeness (QED) is 0.143. The molecule has 10 rings (SSSR count). The van der Waals surface area contributed by atoms with E-state index in [2.05, 4.69) is 136 Å². The minimum absolute atomic E-state index is 0.527. The Hall–Kier alpha value is -9.09. The van der Waals surface area contributed by atoms with Gasteiger partial charge in [0.05, 0.1) is 57.9 Å². The van der Waals surface area contributed by atoms with E-state index in [0.717, 1.165) is 78.1 Å². The van der Waals surface area contributed by atoms with Crippen molar-refractivity contribution in [3.05, 3.63) is 223 Å². The molecule has 2 aromatic heterocycles. The molecule has 0 aliphatic rings. The van der Waals surface area contributed by atoms with Gasteiger partial charge in [-0.15, -0.1) is 0 Å². The van der Waals surface area contributed by atoms with Crippen molar-refractivity contribution in [3.8, 4) is 62.9 Å². The van der Waals surface area contributed by atoms with Crippen LogP contribution in [0, 0.1) is 29.2 Å². The number of fused-ring (bicyclic) bond motifs is 3. The van der Waals surface area contributed by atoms with Crippen LogP contribution in [0.3, 0.4) is 0 Å². The largest absolute Gasteiger partial charge is 0.319 e. The highest BCUT2D eigenvalue weighted by Gasteiger charge is 2.19. The lowest BCUT2D eigenvalue weighted by atomic mass is 10.0. The lowest BCUT2D eigenvalue weighted by Gasteiger charge is -2.25. The van der Waals surface area contributed by atoms with E-state index in [1.54, 1.807) is 24.3 Å². The van der Waals surface area contributed by atoms with Crippen molar-refractivity contribution >= 4 is 44.6 Å². The fourth-order valence-electron chi connectivity index (χ4n) is 8.06. The van der Waals surface area contributed by atoms with Crippen LogP contribution in [0.1, 0.15) is 11.1 Å². The summed E-state index contributed by atoms with van der Waals surface area (Å²) in [6.45, 7) is 8.38. The van der Waals surface area contributed by atoms with Gasteiger partial charge in [0.2, 0.25) is 5.69 Å². The van der Waals surface area contributed by atoms with E-state index in [9.17, 15) is 10.5 Å². The molecule has 0 amide bonds. The van der Waals surface area contributed by atoms with Crippen molar-refractivity contribution in [3.63, 3.8) is 0 Å². The molecule has 0 bridgehead atoms. The van der Waals surface area contributed by atoms with Crippen molar-refractivity contribution in [1.82, 2.24) is 14.5 Å². The van der Waals surface area contributed by atoms with Gasteiger partial charge in [0, 0.05) is 44.5 Å². The van der Waals surface area contributed by atoms with Crippen LogP contribution in [0.25, 0.3) is 77.4 Å². The summed E-state index contributed by atoms with van der Waals surface area (Å²) in [4.78, 5) is 16.2. The van der Waals surface area contributed by atoms with Crippen molar-refractivity contribution in [2.75, 3.05) is 4.90 Å². The van der Waals surface area contributed by atoms with E-state index in [0.29, 0.717) is 28.3 Å². The smallest absolute Gasteiger partial charge is 0.211 e. The van der Waals surface area contributed by atoms with E-state index in [1.165, 1.54) is 0 Å². The first-order valence-electron chi connectivity index (χ1n) is 20.0. The Morgan fingerprint density at radius 2 is 0.968 bits per heavy atom. The Kier molecular flexibility index (Phi) is 9.56.